The van der Waals surface area contributed by atoms with Crippen LogP contribution in [-0.4, -0.2) is 33.3 Å². The maximum atomic E-state index is 11.5. The average Bonchev–Trinajstić information content (AvgIpc) is 2.33. The van der Waals surface area contributed by atoms with Crippen molar-refractivity contribution in [1.82, 2.24) is 4.57 Å². The van der Waals surface area contributed by atoms with E-state index in [0.29, 0.717) is 0 Å². The SMILES string of the molecule is CCOC(=O)CC(O)Cn1cc(Br)c(=O)c([N+](=O)[O-])c1. The molecule has 0 amide bonds. The van der Waals surface area contributed by atoms with Crippen molar-refractivity contribution in [3.63, 3.8) is 0 Å². The Morgan fingerprint density at radius 2 is 2.25 bits per heavy atom. The molecule has 1 rings (SSSR count). The van der Waals surface area contributed by atoms with Crippen LogP contribution in [0.3, 0.4) is 0 Å². The number of aliphatic hydroxyl groups excluding tert-OH is 1. The van der Waals surface area contributed by atoms with Gasteiger partial charge in [-0.15, -0.1) is 0 Å². The second-order valence-corrected chi connectivity index (χ2v) is 4.79. The Balaban J connectivity index is 2.85. The average molecular weight is 349 g/mol. The molecule has 0 saturated heterocycles. The van der Waals surface area contributed by atoms with Gasteiger partial charge in [-0.1, -0.05) is 0 Å². The fraction of sp³-hybridized carbons (Fsp3) is 0.455. The largest absolute Gasteiger partial charge is 0.466 e. The van der Waals surface area contributed by atoms with Crippen LogP contribution in [0.5, 0.6) is 0 Å². The topological polar surface area (TPSA) is 112 Å². The summed E-state index contributed by atoms with van der Waals surface area (Å²) < 4.78 is 5.96. The lowest BCUT2D eigenvalue weighted by atomic mass is 10.2. The summed E-state index contributed by atoms with van der Waals surface area (Å²) >= 11 is 2.92. The van der Waals surface area contributed by atoms with Crippen molar-refractivity contribution < 1.29 is 19.6 Å². The Labute approximate surface area is 122 Å². The van der Waals surface area contributed by atoms with E-state index in [-0.39, 0.29) is 24.0 Å². The van der Waals surface area contributed by atoms with Crippen molar-refractivity contribution in [3.05, 3.63) is 37.2 Å². The number of ether oxygens (including phenoxy) is 1. The molecule has 0 spiro atoms. The molecule has 20 heavy (non-hydrogen) atoms. The van der Waals surface area contributed by atoms with E-state index in [9.17, 15) is 24.8 Å². The molecule has 1 atom stereocenters. The number of halogens is 1. The first-order valence-electron chi connectivity index (χ1n) is 5.72. The Morgan fingerprint density at radius 3 is 2.80 bits per heavy atom. The van der Waals surface area contributed by atoms with Crippen molar-refractivity contribution in [3.8, 4) is 0 Å². The molecule has 8 nitrogen and oxygen atoms in total. The molecule has 0 aromatic carbocycles. The number of carbonyl (C=O) groups is 1. The van der Waals surface area contributed by atoms with E-state index in [1.165, 1.54) is 10.8 Å². The summed E-state index contributed by atoms with van der Waals surface area (Å²) in [5.74, 6) is -0.561. The number of nitro groups is 1. The third kappa shape index (κ3) is 4.42. The van der Waals surface area contributed by atoms with Gasteiger partial charge in [0.1, 0.15) is 0 Å². The van der Waals surface area contributed by atoms with Crippen LogP contribution in [0.15, 0.2) is 21.7 Å². The Morgan fingerprint density at radius 1 is 1.60 bits per heavy atom. The molecule has 1 aromatic rings. The van der Waals surface area contributed by atoms with Gasteiger partial charge in [0, 0.05) is 12.7 Å². The van der Waals surface area contributed by atoms with Gasteiger partial charge in [0.15, 0.2) is 0 Å². The molecular weight excluding hydrogens is 336 g/mol. The minimum absolute atomic E-state index is 0.00929. The summed E-state index contributed by atoms with van der Waals surface area (Å²) in [5.41, 5.74) is -1.35. The van der Waals surface area contributed by atoms with Crippen molar-refractivity contribution in [1.29, 1.82) is 0 Å². The highest BCUT2D eigenvalue weighted by atomic mass is 79.9. The van der Waals surface area contributed by atoms with Crippen LogP contribution < -0.4 is 5.43 Å². The maximum absolute atomic E-state index is 11.5. The van der Waals surface area contributed by atoms with Crippen LogP contribution in [0.1, 0.15) is 13.3 Å². The molecule has 1 N–H and O–H groups in total. The van der Waals surface area contributed by atoms with E-state index in [1.54, 1.807) is 6.92 Å². The smallest absolute Gasteiger partial charge is 0.333 e. The number of hydrogen-bond donors (Lipinski definition) is 1. The van der Waals surface area contributed by atoms with Gasteiger partial charge in [-0.3, -0.25) is 19.7 Å². The lowest BCUT2D eigenvalue weighted by molar-refractivity contribution is -0.386. The van der Waals surface area contributed by atoms with Crippen molar-refractivity contribution in [2.45, 2.75) is 26.0 Å². The fourth-order valence-corrected chi connectivity index (χ4v) is 2.00. The highest BCUT2D eigenvalue weighted by Gasteiger charge is 2.18. The van der Waals surface area contributed by atoms with Gasteiger partial charge in [0.25, 0.3) is 5.43 Å². The molecule has 0 fully saturated rings. The first kappa shape index (κ1) is 16.3. The van der Waals surface area contributed by atoms with E-state index < -0.39 is 28.1 Å². The summed E-state index contributed by atoms with van der Waals surface area (Å²) in [6.07, 6.45) is 1.03. The summed E-state index contributed by atoms with van der Waals surface area (Å²) in [6.45, 7) is 1.78. The van der Waals surface area contributed by atoms with E-state index >= 15 is 0 Å². The predicted molar refractivity (Wildman–Crippen MR) is 72.3 cm³/mol. The number of aliphatic hydroxyl groups is 1. The third-order valence-electron chi connectivity index (χ3n) is 2.34. The molecule has 0 aliphatic rings. The van der Waals surface area contributed by atoms with Gasteiger partial charge in [-0.25, -0.2) is 0 Å². The van der Waals surface area contributed by atoms with Gasteiger partial charge < -0.3 is 14.4 Å². The van der Waals surface area contributed by atoms with Gasteiger partial charge in [-0.2, -0.15) is 0 Å². The molecule has 0 radical (unpaired) electrons. The van der Waals surface area contributed by atoms with Crippen LogP contribution in [0.25, 0.3) is 0 Å². The number of hydrogen-bond acceptors (Lipinski definition) is 6. The van der Waals surface area contributed by atoms with E-state index in [2.05, 4.69) is 20.7 Å². The normalized spacial score (nSPS) is 11.9. The third-order valence-corrected chi connectivity index (χ3v) is 2.91. The summed E-state index contributed by atoms with van der Waals surface area (Å²) in [4.78, 5) is 32.6. The van der Waals surface area contributed by atoms with Gasteiger partial charge in [-0.05, 0) is 22.9 Å². The van der Waals surface area contributed by atoms with Gasteiger partial charge in [0.05, 0.1) is 34.7 Å². The Hall–Kier alpha value is -1.74. The molecule has 1 unspecified atom stereocenters. The standard InChI is InChI=1S/C11H13BrN2O6/c1-2-20-10(16)3-7(15)4-13-5-8(12)11(17)9(6-13)14(18)19/h5-7,15H,2-4H2,1H3. The van der Waals surface area contributed by atoms with Crippen LogP contribution in [0.4, 0.5) is 5.69 Å². The first-order valence-corrected chi connectivity index (χ1v) is 6.52. The molecular formula is C11H13BrN2O6. The number of carbonyl (C=O) groups excluding carboxylic acids is 1. The molecule has 0 bridgehead atoms. The van der Waals surface area contributed by atoms with Crippen molar-refractivity contribution in [2.75, 3.05) is 6.61 Å². The van der Waals surface area contributed by atoms with Crippen LogP contribution in [0.2, 0.25) is 0 Å². The molecule has 0 saturated carbocycles. The van der Waals surface area contributed by atoms with Crippen LogP contribution in [0, 0.1) is 10.1 Å². The molecule has 110 valence electrons. The molecule has 0 aliphatic carbocycles. The van der Waals surface area contributed by atoms with Crippen molar-refractivity contribution in [2.24, 2.45) is 0 Å². The Kier molecular flexibility index (Phi) is 5.83. The fourth-order valence-electron chi connectivity index (χ4n) is 1.54. The van der Waals surface area contributed by atoms with Crippen molar-refractivity contribution >= 4 is 27.6 Å². The number of nitrogens with zero attached hydrogens (tertiary/aromatic N) is 2. The zero-order chi connectivity index (χ0) is 15.3. The first-order chi connectivity index (χ1) is 9.35. The Bertz CT molecular complexity index is 571. The summed E-state index contributed by atoms with van der Waals surface area (Å²) in [5, 5.41) is 20.4. The molecule has 0 aliphatic heterocycles. The maximum Gasteiger partial charge on any atom is 0.333 e. The zero-order valence-electron chi connectivity index (χ0n) is 10.6. The predicted octanol–water partition coefficient (Wildman–Crippen LogP) is 0.833. The highest BCUT2D eigenvalue weighted by Crippen LogP contribution is 2.12. The zero-order valence-corrected chi connectivity index (χ0v) is 12.2. The lowest BCUT2D eigenvalue weighted by Gasteiger charge is -2.12. The molecule has 1 heterocycles. The summed E-state index contributed by atoms with van der Waals surface area (Å²) in [6, 6.07) is 0. The molecule has 1 aromatic heterocycles. The molecule has 9 heteroatoms. The van der Waals surface area contributed by atoms with Gasteiger partial charge in [0.2, 0.25) is 0 Å². The minimum atomic E-state index is -1.07. The highest BCUT2D eigenvalue weighted by molar-refractivity contribution is 9.10. The number of rotatable bonds is 6. The quantitative estimate of drug-likeness (QED) is 0.463. The van der Waals surface area contributed by atoms with E-state index in [4.69, 9.17) is 0 Å². The van der Waals surface area contributed by atoms with E-state index in [0.717, 1.165) is 6.20 Å². The van der Waals surface area contributed by atoms with E-state index in [1.807, 2.05) is 0 Å². The lowest BCUT2D eigenvalue weighted by Crippen LogP contribution is -2.23. The second-order valence-electron chi connectivity index (χ2n) is 3.94. The van der Waals surface area contributed by atoms with Crippen LogP contribution >= 0.6 is 15.9 Å². The van der Waals surface area contributed by atoms with Crippen LogP contribution in [-0.2, 0) is 16.1 Å². The monoisotopic (exact) mass is 348 g/mol. The number of esters is 1. The number of aromatic nitrogens is 1. The second kappa shape index (κ2) is 7.15. The number of pyridine rings is 1. The van der Waals surface area contributed by atoms with Gasteiger partial charge >= 0.3 is 11.7 Å². The minimum Gasteiger partial charge on any atom is -0.466 e. The summed E-state index contributed by atoms with van der Waals surface area (Å²) in [7, 11) is 0.